The maximum Gasteiger partial charge on any atom is 0.312 e. The van der Waals surface area contributed by atoms with E-state index in [-0.39, 0.29) is 12.1 Å². The number of carbonyl (C=O) groups is 1. The van der Waals surface area contributed by atoms with Crippen molar-refractivity contribution in [2.45, 2.75) is 51.7 Å². The minimum Gasteiger partial charge on any atom is -0.481 e. The summed E-state index contributed by atoms with van der Waals surface area (Å²) in [5, 5.41) is 9.35. The molecule has 1 unspecified atom stereocenters. The molecular weight excluding hydrogens is 194 g/mol. The molecule has 0 amide bonds. The Morgan fingerprint density at radius 2 is 2.13 bits per heavy atom. The second-order valence-electron chi connectivity index (χ2n) is 4.40. The zero-order valence-electron chi connectivity index (χ0n) is 9.53. The quantitative estimate of drug-likeness (QED) is 0.743. The van der Waals surface area contributed by atoms with E-state index in [0.717, 1.165) is 12.8 Å². The van der Waals surface area contributed by atoms with Gasteiger partial charge in [0.15, 0.2) is 0 Å². The summed E-state index contributed by atoms with van der Waals surface area (Å²) in [6.07, 6.45) is 2.59. The Morgan fingerprint density at radius 3 is 2.53 bits per heavy atom. The summed E-state index contributed by atoms with van der Waals surface area (Å²) in [4.78, 5) is 11.4. The molecule has 0 radical (unpaired) electrons. The van der Waals surface area contributed by atoms with Crippen molar-refractivity contribution >= 4 is 5.97 Å². The molecule has 0 spiro atoms. The topological polar surface area (TPSA) is 72.5 Å². The molecule has 0 aliphatic heterocycles. The number of aliphatic carboxylic acids is 1. The van der Waals surface area contributed by atoms with Crippen LogP contribution in [-0.2, 0) is 9.53 Å². The van der Waals surface area contributed by atoms with Crippen LogP contribution in [0.3, 0.4) is 0 Å². The highest BCUT2D eigenvalue weighted by atomic mass is 16.5. The van der Waals surface area contributed by atoms with Gasteiger partial charge in [-0.3, -0.25) is 4.79 Å². The molecule has 0 aromatic rings. The highest BCUT2D eigenvalue weighted by Gasteiger charge is 2.46. The van der Waals surface area contributed by atoms with Crippen LogP contribution in [0.1, 0.15) is 39.5 Å². The fourth-order valence-electron chi connectivity index (χ4n) is 2.36. The van der Waals surface area contributed by atoms with E-state index in [0.29, 0.717) is 19.4 Å². The Hall–Kier alpha value is -0.610. The number of rotatable bonds is 4. The summed E-state index contributed by atoms with van der Waals surface area (Å²) in [7, 11) is 0. The minimum absolute atomic E-state index is 0.159. The molecule has 88 valence electrons. The molecule has 0 saturated heterocycles. The van der Waals surface area contributed by atoms with Crippen molar-refractivity contribution in [1.82, 2.24) is 0 Å². The van der Waals surface area contributed by atoms with Crippen LogP contribution in [-0.4, -0.2) is 29.8 Å². The molecule has 0 bridgehead atoms. The summed E-state index contributed by atoms with van der Waals surface area (Å²) in [6, 6.07) is 0.159. The van der Waals surface area contributed by atoms with Crippen molar-refractivity contribution in [3.05, 3.63) is 0 Å². The third kappa shape index (κ3) is 2.49. The largest absolute Gasteiger partial charge is 0.481 e. The van der Waals surface area contributed by atoms with Crippen molar-refractivity contribution in [1.29, 1.82) is 0 Å². The first-order valence-electron chi connectivity index (χ1n) is 5.63. The molecule has 0 aromatic carbocycles. The first-order chi connectivity index (χ1) is 7.03. The fraction of sp³-hybridized carbons (Fsp3) is 0.909. The van der Waals surface area contributed by atoms with Crippen LogP contribution in [0.5, 0.6) is 0 Å². The van der Waals surface area contributed by atoms with E-state index >= 15 is 0 Å². The maximum atomic E-state index is 11.4. The number of hydrogen-bond donors (Lipinski definition) is 2. The number of carboxylic acid groups (broad SMARTS) is 1. The standard InChI is InChI=1S/C11H21NO3/c1-3-15-8(2)11(10(13)14)6-4-9(12)5-7-11/h8-9H,3-7,12H2,1-2H3,(H,13,14). The highest BCUT2D eigenvalue weighted by molar-refractivity contribution is 5.75. The van der Waals surface area contributed by atoms with Gasteiger partial charge in [0, 0.05) is 12.6 Å². The Bertz CT molecular complexity index is 222. The second-order valence-corrected chi connectivity index (χ2v) is 4.40. The lowest BCUT2D eigenvalue weighted by molar-refractivity contribution is -0.162. The van der Waals surface area contributed by atoms with E-state index in [1.165, 1.54) is 0 Å². The first-order valence-corrected chi connectivity index (χ1v) is 5.63. The summed E-state index contributed by atoms with van der Waals surface area (Å²) < 4.78 is 5.46. The molecule has 4 heteroatoms. The van der Waals surface area contributed by atoms with Gasteiger partial charge in [0.25, 0.3) is 0 Å². The van der Waals surface area contributed by atoms with Crippen molar-refractivity contribution in [2.75, 3.05) is 6.61 Å². The Kier molecular flexibility index (Phi) is 4.11. The lowest BCUT2D eigenvalue weighted by Gasteiger charge is -2.39. The van der Waals surface area contributed by atoms with Gasteiger partial charge in [-0.25, -0.2) is 0 Å². The second kappa shape index (κ2) is 4.94. The minimum atomic E-state index is -0.740. The van der Waals surface area contributed by atoms with Gasteiger partial charge in [-0.15, -0.1) is 0 Å². The van der Waals surface area contributed by atoms with Crippen LogP contribution in [0.2, 0.25) is 0 Å². The van der Waals surface area contributed by atoms with Gasteiger partial charge < -0.3 is 15.6 Å². The third-order valence-electron chi connectivity index (χ3n) is 3.54. The van der Waals surface area contributed by atoms with E-state index in [9.17, 15) is 9.90 Å². The van der Waals surface area contributed by atoms with Crippen LogP contribution in [0.4, 0.5) is 0 Å². The van der Waals surface area contributed by atoms with Crippen LogP contribution in [0, 0.1) is 5.41 Å². The molecule has 1 aliphatic rings. The Morgan fingerprint density at radius 1 is 1.60 bits per heavy atom. The molecule has 0 heterocycles. The van der Waals surface area contributed by atoms with Crippen LogP contribution < -0.4 is 5.73 Å². The average Bonchev–Trinajstić information content (AvgIpc) is 2.19. The van der Waals surface area contributed by atoms with Gasteiger partial charge in [-0.1, -0.05) is 0 Å². The van der Waals surface area contributed by atoms with E-state index in [2.05, 4.69) is 0 Å². The van der Waals surface area contributed by atoms with Gasteiger partial charge in [-0.05, 0) is 39.5 Å². The fourth-order valence-corrected chi connectivity index (χ4v) is 2.36. The van der Waals surface area contributed by atoms with Gasteiger partial charge in [-0.2, -0.15) is 0 Å². The molecule has 1 rings (SSSR count). The van der Waals surface area contributed by atoms with E-state index in [1.54, 1.807) is 0 Å². The number of ether oxygens (including phenoxy) is 1. The molecule has 1 saturated carbocycles. The van der Waals surface area contributed by atoms with Crippen LogP contribution in [0.25, 0.3) is 0 Å². The Labute approximate surface area is 90.8 Å². The maximum absolute atomic E-state index is 11.4. The molecule has 0 aromatic heterocycles. The third-order valence-corrected chi connectivity index (χ3v) is 3.54. The lowest BCUT2D eigenvalue weighted by Crippen LogP contribution is -2.47. The van der Waals surface area contributed by atoms with Gasteiger partial charge in [0.05, 0.1) is 11.5 Å². The SMILES string of the molecule is CCOC(C)C1(C(=O)O)CCC(N)CC1. The van der Waals surface area contributed by atoms with Crippen molar-refractivity contribution in [3.63, 3.8) is 0 Å². The highest BCUT2D eigenvalue weighted by Crippen LogP contribution is 2.40. The van der Waals surface area contributed by atoms with E-state index in [4.69, 9.17) is 10.5 Å². The van der Waals surface area contributed by atoms with Gasteiger partial charge in [0.1, 0.15) is 0 Å². The summed E-state index contributed by atoms with van der Waals surface area (Å²) in [5.74, 6) is -0.740. The zero-order chi connectivity index (χ0) is 11.5. The number of carboxylic acids is 1. The zero-order valence-corrected chi connectivity index (χ0v) is 9.53. The molecule has 1 fully saturated rings. The lowest BCUT2D eigenvalue weighted by atomic mass is 9.69. The molecule has 3 N–H and O–H groups in total. The molecule has 1 aliphatic carbocycles. The molecular formula is C11H21NO3. The van der Waals surface area contributed by atoms with Gasteiger partial charge >= 0.3 is 5.97 Å². The summed E-state index contributed by atoms with van der Waals surface area (Å²) in [5.41, 5.74) is 5.08. The predicted molar refractivity (Wildman–Crippen MR) is 57.6 cm³/mol. The predicted octanol–water partition coefficient (Wildman–Crippen LogP) is 1.38. The first kappa shape index (κ1) is 12.5. The normalized spacial score (nSPS) is 33.7. The molecule has 15 heavy (non-hydrogen) atoms. The monoisotopic (exact) mass is 215 g/mol. The Balaban J connectivity index is 2.75. The molecule has 1 atom stereocenters. The van der Waals surface area contributed by atoms with Crippen molar-refractivity contribution in [3.8, 4) is 0 Å². The van der Waals surface area contributed by atoms with Crippen LogP contribution >= 0.6 is 0 Å². The number of hydrogen-bond acceptors (Lipinski definition) is 3. The van der Waals surface area contributed by atoms with Gasteiger partial charge in [0.2, 0.25) is 0 Å². The number of nitrogens with two attached hydrogens (primary N) is 1. The summed E-state index contributed by atoms with van der Waals surface area (Å²) in [6.45, 7) is 4.30. The van der Waals surface area contributed by atoms with E-state index in [1.807, 2.05) is 13.8 Å². The average molecular weight is 215 g/mol. The van der Waals surface area contributed by atoms with Crippen LogP contribution in [0.15, 0.2) is 0 Å². The van der Waals surface area contributed by atoms with E-state index < -0.39 is 11.4 Å². The van der Waals surface area contributed by atoms with Crippen molar-refractivity contribution in [2.24, 2.45) is 11.1 Å². The van der Waals surface area contributed by atoms with Crippen molar-refractivity contribution < 1.29 is 14.6 Å². The smallest absolute Gasteiger partial charge is 0.312 e. The molecule has 4 nitrogen and oxygen atoms in total. The summed E-state index contributed by atoms with van der Waals surface area (Å²) >= 11 is 0.